The van der Waals surface area contributed by atoms with Gasteiger partial charge in [-0.3, -0.25) is 0 Å². The molecule has 0 unspecified atom stereocenters. The third-order valence-electron chi connectivity index (χ3n) is 4.27. The molecule has 2 N–H and O–H groups in total. The van der Waals surface area contributed by atoms with Gasteiger partial charge in [0.1, 0.15) is 28.9 Å². The molecule has 3 aromatic rings. The highest BCUT2D eigenvalue weighted by atomic mass is 19.4. The highest BCUT2D eigenvalue weighted by Crippen LogP contribution is 2.39. The predicted octanol–water partition coefficient (Wildman–Crippen LogP) is 5.09. The second-order valence-electron chi connectivity index (χ2n) is 6.12. The van der Waals surface area contributed by atoms with Crippen molar-refractivity contribution in [2.24, 2.45) is 0 Å². The summed E-state index contributed by atoms with van der Waals surface area (Å²) < 4.78 is 46.4. The highest BCUT2D eigenvalue weighted by Gasteiger charge is 2.31. The van der Waals surface area contributed by atoms with Gasteiger partial charge < -0.3 is 15.2 Å². The van der Waals surface area contributed by atoms with Crippen molar-refractivity contribution in [1.82, 2.24) is 4.98 Å². The van der Waals surface area contributed by atoms with Crippen molar-refractivity contribution in [1.29, 1.82) is 5.26 Å². The molecule has 0 fully saturated rings. The lowest BCUT2D eigenvalue weighted by Crippen LogP contribution is -2.16. The maximum Gasteiger partial charge on any atom is 0.573 e. The van der Waals surface area contributed by atoms with Crippen molar-refractivity contribution >= 4 is 5.82 Å². The zero-order valence-electron chi connectivity index (χ0n) is 15.5. The number of anilines is 1. The quantitative estimate of drug-likeness (QED) is 0.661. The van der Waals surface area contributed by atoms with Crippen LogP contribution in [-0.4, -0.2) is 18.5 Å². The van der Waals surface area contributed by atoms with E-state index in [1.54, 1.807) is 26.2 Å². The van der Waals surface area contributed by atoms with Gasteiger partial charge >= 0.3 is 6.36 Å². The fraction of sp³-hybridized carbons (Fsp3) is 0.143. The molecule has 0 bridgehead atoms. The van der Waals surface area contributed by atoms with Crippen LogP contribution < -0.4 is 15.2 Å². The van der Waals surface area contributed by atoms with E-state index in [0.29, 0.717) is 28.1 Å². The number of nitrogens with zero attached hydrogens (tertiary/aromatic N) is 2. The largest absolute Gasteiger partial charge is 0.573 e. The molecule has 8 heteroatoms. The maximum atomic E-state index is 12.4. The molecule has 2 aromatic carbocycles. The third-order valence-corrected chi connectivity index (χ3v) is 4.27. The molecule has 148 valence electrons. The van der Waals surface area contributed by atoms with Gasteiger partial charge in [0.15, 0.2) is 0 Å². The Morgan fingerprint density at radius 3 is 1.93 bits per heavy atom. The molecule has 1 aromatic heterocycles. The predicted molar refractivity (Wildman–Crippen MR) is 102 cm³/mol. The first-order valence-corrected chi connectivity index (χ1v) is 8.44. The van der Waals surface area contributed by atoms with E-state index in [-0.39, 0.29) is 17.1 Å². The van der Waals surface area contributed by atoms with Crippen LogP contribution in [0.5, 0.6) is 11.5 Å². The number of nitrogens with two attached hydrogens (primary N) is 1. The Balaban J connectivity index is 2.20. The first kappa shape index (κ1) is 20.0. The summed E-state index contributed by atoms with van der Waals surface area (Å²) in [5.74, 6) is 0.350. The first-order chi connectivity index (χ1) is 13.7. The Kier molecular flexibility index (Phi) is 5.33. The number of pyridine rings is 1. The van der Waals surface area contributed by atoms with Gasteiger partial charge in [-0.15, -0.1) is 13.2 Å². The number of hydrogen-bond acceptors (Lipinski definition) is 5. The van der Waals surface area contributed by atoms with Crippen LogP contribution in [0.4, 0.5) is 19.0 Å². The van der Waals surface area contributed by atoms with Gasteiger partial charge in [-0.1, -0.05) is 24.3 Å². The number of hydrogen-bond donors (Lipinski definition) is 1. The minimum absolute atomic E-state index is 0.0490. The van der Waals surface area contributed by atoms with Crippen LogP contribution in [0, 0.1) is 18.3 Å². The summed E-state index contributed by atoms with van der Waals surface area (Å²) in [4.78, 5) is 4.27. The van der Waals surface area contributed by atoms with Crippen LogP contribution >= 0.6 is 0 Å². The average Bonchev–Trinajstić information content (AvgIpc) is 2.67. The van der Waals surface area contributed by atoms with E-state index in [0.717, 1.165) is 5.56 Å². The van der Waals surface area contributed by atoms with Gasteiger partial charge in [-0.2, -0.15) is 5.26 Å². The lowest BCUT2D eigenvalue weighted by Gasteiger charge is -2.17. The number of methoxy groups -OCH3 is 1. The Morgan fingerprint density at radius 1 is 0.931 bits per heavy atom. The highest BCUT2D eigenvalue weighted by molar-refractivity contribution is 5.91. The molecule has 0 radical (unpaired) electrons. The van der Waals surface area contributed by atoms with E-state index >= 15 is 0 Å². The molecule has 29 heavy (non-hydrogen) atoms. The molecule has 0 aliphatic heterocycles. The van der Waals surface area contributed by atoms with E-state index in [9.17, 15) is 18.4 Å². The number of nitrogen functional groups attached to an aromatic ring is 1. The molecule has 0 saturated heterocycles. The summed E-state index contributed by atoms with van der Waals surface area (Å²) in [6, 6.07) is 14.5. The van der Waals surface area contributed by atoms with Crippen molar-refractivity contribution in [2.75, 3.05) is 12.8 Å². The summed E-state index contributed by atoms with van der Waals surface area (Å²) in [5, 5.41) is 9.65. The molecular weight excluding hydrogens is 383 g/mol. The van der Waals surface area contributed by atoms with Gasteiger partial charge in [0.2, 0.25) is 0 Å². The topological polar surface area (TPSA) is 81.2 Å². The number of alkyl halides is 3. The van der Waals surface area contributed by atoms with E-state index in [1.165, 1.54) is 24.3 Å². The normalized spacial score (nSPS) is 11.0. The summed E-state index contributed by atoms with van der Waals surface area (Å²) in [7, 11) is 1.55. The van der Waals surface area contributed by atoms with Gasteiger partial charge in [0.25, 0.3) is 0 Å². The Morgan fingerprint density at radius 2 is 1.45 bits per heavy atom. The number of rotatable bonds is 4. The number of benzene rings is 2. The number of aryl methyl sites for hydroxylation is 1. The van der Waals surface area contributed by atoms with Crippen molar-refractivity contribution < 1.29 is 22.6 Å². The molecule has 0 amide bonds. The zero-order chi connectivity index (χ0) is 21.2. The lowest BCUT2D eigenvalue weighted by atomic mass is 9.90. The molecule has 5 nitrogen and oxygen atoms in total. The fourth-order valence-electron chi connectivity index (χ4n) is 3.06. The Bertz CT molecular complexity index is 1070. The van der Waals surface area contributed by atoms with Crippen molar-refractivity contribution in [2.45, 2.75) is 13.3 Å². The minimum atomic E-state index is -4.79. The number of halogens is 3. The van der Waals surface area contributed by atoms with Gasteiger partial charge in [-0.05, 0) is 42.3 Å². The van der Waals surface area contributed by atoms with Crippen LogP contribution in [-0.2, 0) is 0 Å². The van der Waals surface area contributed by atoms with Crippen LogP contribution in [0.15, 0.2) is 48.5 Å². The van der Waals surface area contributed by atoms with E-state index in [1.807, 2.05) is 12.1 Å². The van der Waals surface area contributed by atoms with Crippen LogP contribution in [0.25, 0.3) is 22.3 Å². The van der Waals surface area contributed by atoms with Crippen LogP contribution in [0.1, 0.15) is 11.3 Å². The molecule has 0 aliphatic rings. The standard InChI is InChI=1S/C21H16F3N3O2/c1-12-18(13-3-7-15(28-2)8-4-13)19(17(11-25)20(26)27-12)14-5-9-16(10-6-14)29-21(22,23)24/h3-10H,1-2H3,(H2,26,27). The van der Waals surface area contributed by atoms with E-state index in [2.05, 4.69) is 15.8 Å². The zero-order valence-corrected chi connectivity index (χ0v) is 15.5. The summed E-state index contributed by atoms with van der Waals surface area (Å²) in [6.07, 6.45) is -4.79. The minimum Gasteiger partial charge on any atom is -0.497 e. The van der Waals surface area contributed by atoms with E-state index < -0.39 is 6.36 Å². The maximum absolute atomic E-state index is 12.4. The lowest BCUT2D eigenvalue weighted by molar-refractivity contribution is -0.274. The average molecular weight is 399 g/mol. The molecule has 0 spiro atoms. The molecule has 0 aliphatic carbocycles. The second-order valence-corrected chi connectivity index (χ2v) is 6.12. The second kappa shape index (κ2) is 7.72. The monoisotopic (exact) mass is 399 g/mol. The SMILES string of the molecule is COc1ccc(-c2c(C)nc(N)c(C#N)c2-c2ccc(OC(F)(F)F)cc2)cc1. The van der Waals surface area contributed by atoms with Crippen molar-refractivity contribution in [3.05, 3.63) is 59.8 Å². The Labute approximate surface area is 165 Å². The summed E-state index contributed by atoms with van der Waals surface area (Å²) >= 11 is 0. The van der Waals surface area contributed by atoms with Crippen LogP contribution in [0.2, 0.25) is 0 Å². The molecular formula is C21H16F3N3O2. The number of aromatic nitrogens is 1. The third kappa shape index (κ3) is 4.24. The van der Waals surface area contributed by atoms with Crippen LogP contribution in [0.3, 0.4) is 0 Å². The smallest absolute Gasteiger partial charge is 0.497 e. The van der Waals surface area contributed by atoms with Crippen molar-refractivity contribution in [3.63, 3.8) is 0 Å². The number of nitriles is 1. The molecule has 0 atom stereocenters. The van der Waals surface area contributed by atoms with Gasteiger partial charge in [-0.25, -0.2) is 4.98 Å². The summed E-state index contributed by atoms with van der Waals surface area (Å²) in [5.41, 5.74) is 9.09. The molecule has 1 heterocycles. The summed E-state index contributed by atoms with van der Waals surface area (Å²) in [6.45, 7) is 1.75. The van der Waals surface area contributed by atoms with E-state index in [4.69, 9.17) is 10.5 Å². The van der Waals surface area contributed by atoms with Gasteiger partial charge in [0.05, 0.1) is 7.11 Å². The molecule has 0 saturated carbocycles. The fourth-order valence-corrected chi connectivity index (χ4v) is 3.06. The molecule has 3 rings (SSSR count). The number of ether oxygens (including phenoxy) is 2. The first-order valence-electron chi connectivity index (χ1n) is 8.44. The van der Waals surface area contributed by atoms with Crippen molar-refractivity contribution in [3.8, 4) is 39.8 Å². The Hall–Kier alpha value is -3.73. The van der Waals surface area contributed by atoms with Gasteiger partial charge in [0, 0.05) is 16.8 Å².